The largest absolute Gasteiger partial charge is 0.484 e. The molecule has 0 aliphatic carbocycles. The third-order valence-electron chi connectivity index (χ3n) is 6.96. The fourth-order valence-electron chi connectivity index (χ4n) is 5.05. The van der Waals surface area contributed by atoms with Gasteiger partial charge in [0.05, 0.1) is 31.6 Å². The van der Waals surface area contributed by atoms with E-state index in [4.69, 9.17) is 27.9 Å². The van der Waals surface area contributed by atoms with Gasteiger partial charge in [-0.3, -0.25) is 29.3 Å². The van der Waals surface area contributed by atoms with Crippen LogP contribution in [0.2, 0.25) is 10.0 Å². The maximum absolute atomic E-state index is 13.8. The Morgan fingerprint density at radius 3 is 2.40 bits per heavy atom. The molecule has 2 aliphatic heterocycles. The molecule has 2 aliphatic rings. The van der Waals surface area contributed by atoms with Crippen LogP contribution in [0.4, 0.5) is 17.1 Å². The average molecular weight is 658 g/mol. The van der Waals surface area contributed by atoms with Crippen LogP contribution in [0.15, 0.2) is 76.6 Å². The Morgan fingerprint density at radius 2 is 1.72 bits per heavy atom. The molecule has 0 bridgehead atoms. The molecule has 3 heterocycles. The van der Waals surface area contributed by atoms with Gasteiger partial charge in [-0.25, -0.2) is 4.90 Å². The highest BCUT2D eigenvalue weighted by Crippen LogP contribution is 2.53. The van der Waals surface area contributed by atoms with Crippen molar-refractivity contribution in [1.82, 2.24) is 4.98 Å². The molecular weight excluding hydrogens is 639 g/mol. The Labute approximate surface area is 260 Å². The summed E-state index contributed by atoms with van der Waals surface area (Å²) in [6, 6.07) is 16.6. The molecule has 3 amide bonds. The highest BCUT2D eigenvalue weighted by molar-refractivity contribution is 8.00. The summed E-state index contributed by atoms with van der Waals surface area (Å²) in [5.74, 6) is -2.40. The number of carbonyl (C=O) groups is 3. The van der Waals surface area contributed by atoms with Crippen molar-refractivity contribution in [3.63, 3.8) is 0 Å². The summed E-state index contributed by atoms with van der Waals surface area (Å²) in [5, 5.41) is 14.1. The number of thioether (sulfide) groups is 1. The van der Waals surface area contributed by atoms with Crippen molar-refractivity contribution in [2.75, 3.05) is 16.8 Å². The number of aromatic nitrogens is 1. The molecule has 0 radical (unpaired) electrons. The summed E-state index contributed by atoms with van der Waals surface area (Å²) in [5.41, 5.74) is 1.20. The van der Waals surface area contributed by atoms with Gasteiger partial charge in [-0.1, -0.05) is 58.4 Å². The lowest BCUT2D eigenvalue weighted by Gasteiger charge is -2.29. The van der Waals surface area contributed by atoms with Gasteiger partial charge in [-0.05, 0) is 48.0 Å². The first-order valence-electron chi connectivity index (χ1n) is 12.6. The van der Waals surface area contributed by atoms with Crippen LogP contribution in [0.25, 0.3) is 0 Å². The summed E-state index contributed by atoms with van der Waals surface area (Å²) in [7, 11) is 0. The molecule has 4 aromatic rings. The minimum atomic E-state index is -0.824. The number of nitrogens with zero attached hydrogens (tertiary/aromatic N) is 2. The van der Waals surface area contributed by atoms with Crippen LogP contribution in [-0.2, 0) is 14.4 Å². The smallest absolute Gasteiger partial charge is 0.305 e. The SMILES string of the molecule is O=C(COc1ccc([C@@H]2c3sc(=O)[nH]c3S[C@H]3C(=O)N(c4ccc([N+](=O)[O-])cc4)C(=O)[C@@H]23)cc1)Nc1ccc(Cl)c(Cl)c1. The van der Waals surface area contributed by atoms with Gasteiger partial charge in [0, 0.05) is 28.6 Å². The van der Waals surface area contributed by atoms with Gasteiger partial charge in [-0.2, -0.15) is 0 Å². The zero-order chi connectivity index (χ0) is 30.4. The van der Waals surface area contributed by atoms with Crippen molar-refractivity contribution < 1.29 is 24.0 Å². The first kappa shape index (κ1) is 28.9. The number of H-pyrrole nitrogens is 1. The lowest BCUT2D eigenvalue weighted by Crippen LogP contribution is -2.32. The summed E-state index contributed by atoms with van der Waals surface area (Å²) >= 11 is 14.0. The number of rotatable bonds is 7. The number of hydrogen-bond donors (Lipinski definition) is 2. The minimum Gasteiger partial charge on any atom is -0.484 e. The van der Waals surface area contributed by atoms with Crippen molar-refractivity contribution in [2.45, 2.75) is 16.2 Å². The molecule has 1 saturated heterocycles. The topological polar surface area (TPSA) is 152 Å². The van der Waals surface area contributed by atoms with Crippen LogP contribution in [0.3, 0.4) is 0 Å². The third-order valence-corrected chi connectivity index (χ3v) is 10.1. The third kappa shape index (κ3) is 5.52. The van der Waals surface area contributed by atoms with Crippen LogP contribution < -0.4 is 19.8 Å². The number of ether oxygens (including phenoxy) is 1. The molecule has 2 N–H and O–H groups in total. The molecule has 218 valence electrons. The van der Waals surface area contributed by atoms with E-state index in [1.54, 1.807) is 36.4 Å². The Bertz CT molecular complexity index is 1840. The predicted molar refractivity (Wildman–Crippen MR) is 163 cm³/mol. The summed E-state index contributed by atoms with van der Waals surface area (Å²) < 4.78 is 5.63. The Balaban J connectivity index is 1.23. The maximum Gasteiger partial charge on any atom is 0.305 e. The fraction of sp³-hybridized carbons (Fsp3) is 0.143. The molecule has 15 heteroatoms. The number of hydrogen-bond acceptors (Lipinski definition) is 9. The van der Waals surface area contributed by atoms with E-state index >= 15 is 0 Å². The molecule has 11 nitrogen and oxygen atoms in total. The second kappa shape index (κ2) is 11.5. The fourth-order valence-corrected chi connectivity index (χ4v) is 7.86. The number of halogens is 2. The predicted octanol–water partition coefficient (Wildman–Crippen LogP) is 5.46. The zero-order valence-electron chi connectivity index (χ0n) is 21.6. The van der Waals surface area contributed by atoms with Crippen LogP contribution in [-0.4, -0.2) is 39.5 Å². The van der Waals surface area contributed by atoms with Gasteiger partial charge in [0.1, 0.15) is 11.0 Å². The highest BCUT2D eigenvalue weighted by atomic mass is 35.5. The Morgan fingerprint density at radius 1 is 1.00 bits per heavy atom. The number of non-ortho nitro benzene ring substituents is 1. The quantitative estimate of drug-likeness (QED) is 0.151. The van der Waals surface area contributed by atoms with Crippen LogP contribution in [0, 0.1) is 16.0 Å². The Kier molecular flexibility index (Phi) is 7.73. The molecule has 0 spiro atoms. The van der Waals surface area contributed by atoms with E-state index in [-0.39, 0.29) is 22.9 Å². The standard InChI is InChI=1S/C28H18Cl2N4O7S2/c29-18-10-3-14(11-19(18)30)31-20(35)12-41-17-8-1-13(2-9-17)21-22-24(42-25-23(21)43-28(38)32-25)27(37)33(26(22)36)15-4-6-16(7-5-15)34(39)40/h1-11,21-22,24H,12H2,(H,31,35)(H,32,38)/t21-,22-,24+/m0/s1. The minimum absolute atomic E-state index is 0.165. The molecule has 0 unspecified atom stereocenters. The average Bonchev–Trinajstić information content (AvgIpc) is 3.48. The Hall–Kier alpha value is -4.17. The number of carbonyl (C=O) groups excluding carboxylic acids is 3. The number of aromatic amines is 1. The van der Waals surface area contributed by atoms with Gasteiger partial charge in [0.15, 0.2) is 6.61 Å². The van der Waals surface area contributed by atoms with Crippen molar-refractivity contribution in [2.24, 2.45) is 5.92 Å². The molecule has 1 fully saturated rings. The van der Waals surface area contributed by atoms with E-state index in [0.717, 1.165) is 28.0 Å². The molecule has 3 atom stereocenters. The van der Waals surface area contributed by atoms with Crippen molar-refractivity contribution in [3.05, 3.63) is 107 Å². The summed E-state index contributed by atoms with van der Waals surface area (Å²) in [6.07, 6.45) is 0. The number of nitro groups is 1. The van der Waals surface area contributed by atoms with E-state index in [1.165, 1.54) is 30.3 Å². The molecule has 0 saturated carbocycles. The lowest BCUT2D eigenvalue weighted by atomic mass is 9.83. The van der Waals surface area contributed by atoms with E-state index in [1.807, 2.05) is 0 Å². The molecule has 43 heavy (non-hydrogen) atoms. The van der Waals surface area contributed by atoms with Gasteiger partial charge < -0.3 is 15.0 Å². The number of nitro benzene ring substituents is 1. The summed E-state index contributed by atoms with van der Waals surface area (Å²) in [6.45, 7) is -0.287. The number of anilines is 2. The van der Waals surface area contributed by atoms with Crippen molar-refractivity contribution >= 4 is 81.1 Å². The summed E-state index contributed by atoms with van der Waals surface area (Å²) in [4.78, 5) is 66.7. The number of amides is 3. The molecule has 6 rings (SSSR count). The molecular formula is C28H18Cl2N4O7S2. The first-order valence-corrected chi connectivity index (χ1v) is 15.1. The van der Waals surface area contributed by atoms with Crippen molar-refractivity contribution in [3.8, 4) is 5.75 Å². The number of fused-ring (bicyclic) bond motifs is 2. The maximum atomic E-state index is 13.8. The monoisotopic (exact) mass is 656 g/mol. The molecule has 1 aromatic heterocycles. The van der Waals surface area contributed by atoms with Crippen LogP contribution >= 0.6 is 46.3 Å². The van der Waals surface area contributed by atoms with E-state index in [9.17, 15) is 29.3 Å². The first-order chi connectivity index (χ1) is 20.6. The van der Waals surface area contributed by atoms with Crippen LogP contribution in [0.1, 0.15) is 16.4 Å². The second-order valence-electron chi connectivity index (χ2n) is 9.57. The normalized spacial score (nSPS) is 19.1. The van der Waals surface area contributed by atoms with E-state index in [2.05, 4.69) is 10.3 Å². The van der Waals surface area contributed by atoms with Gasteiger partial charge >= 0.3 is 4.87 Å². The van der Waals surface area contributed by atoms with Crippen LogP contribution in [0.5, 0.6) is 5.75 Å². The number of thiazole rings is 1. The molecule has 3 aromatic carbocycles. The number of imide groups is 1. The highest BCUT2D eigenvalue weighted by Gasteiger charge is 2.56. The zero-order valence-corrected chi connectivity index (χ0v) is 24.8. The number of nitrogens with one attached hydrogen (secondary N) is 2. The van der Waals surface area contributed by atoms with Crippen molar-refractivity contribution in [1.29, 1.82) is 0 Å². The second-order valence-corrected chi connectivity index (χ2v) is 12.6. The number of benzene rings is 3. The van der Waals surface area contributed by atoms with E-state index < -0.39 is 39.7 Å². The lowest BCUT2D eigenvalue weighted by molar-refractivity contribution is -0.384. The van der Waals surface area contributed by atoms with Gasteiger partial charge in [0.25, 0.3) is 11.6 Å². The van der Waals surface area contributed by atoms with Gasteiger partial charge in [-0.15, -0.1) is 0 Å². The van der Waals surface area contributed by atoms with E-state index in [0.29, 0.717) is 36.9 Å². The van der Waals surface area contributed by atoms with Gasteiger partial charge in [0.2, 0.25) is 11.8 Å².